The van der Waals surface area contributed by atoms with Gasteiger partial charge in [0.05, 0.1) is 22.6 Å². The van der Waals surface area contributed by atoms with Crippen LogP contribution in [0.25, 0.3) is 6.08 Å². The molecule has 2 aliphatic rings. The van der Waals surface area contributed by atoms with E-state index < -0.39 is 10.8 Å². The lowest BCUT2D eigenvalue weighted by molar-refractivity contribution is -0.135. The third-order valence-electron chi connectivity index (χ3n) is 4.84. The fourth-order valence-corrected chi connectivity index (χ4v) is 4.74. The Morgan fingerprint density at radius 3 is 2.96 bits per heavy atom. The molecule has 2 aliphatic heterocycles. The van der Waals surface area contributed by atoms with Crippen molar-refractivity contribution < 1.29 is 14.3 Å². The highest BCUT2D eigenvalue weighted by Gasteiger charge is 2.59. The van der Waals surface area contributed by atoms with Crippen molar-refractivity contribution >= 4 is 35.8 Å². The van der Waals surface area contributed by atoms with Gasteiger partial charge in [-0.25, -0.2) is 4.79 Å². The molecule has 3 rings (SSSR count). The number of aliphatic imine (C=N–C) groups is 1. The van der Waals surface area contributed by atoms with Gasteiger partial charge in [0, 0.05) is 18.8 Å². The van der Waals surface area contributed by atoms with Crippen molar-refractivity contribution in [3.63, 3.8) is 0 Å². The third-order valence-corrected chi connectivity index (χ3v) is 6.54. The number of nitrogens with one attached hydrogen (secondary N) is 1. The molecule has 9 nitrogen and oxygen atoms in total. The Balaban J connectivity index is 1.57. The predicted molar refractivity (Wildman–Crippen MR) is 108 cm³/mol. The molecule has 0 radical (unpaired) electrons. The molecule has 0 spiro atoms. The quantitative estimate of drug-likeness (QED) is 0.207. The number of β-lactam (4-membered cyclic amide) rings is 1. The monoisotopic (exact) mass is 404 g/mol. The minimum Gasteiger partial charge on any atom is -0.448 e. The summed E-state index contributed by atoms with van der Waals surface area (Å²) in [4.78, 5) is 34.3. The standard InChI is InChI=1S/C18H24N6O3S/c1-11-18(2,10-27-17(26)23-8-7-22-16(19)20)28-15-13(14(25)24(11)15)9-12-5-3-4-6-21-12/h3-6,9,11,15H,7-8,10H2,1-2H3,(H,23,26)(H4,19,20,22)/b13-9-/t11-,15?,18?/m0/s1. The van der Waals surface area contributed by atoms with Gasteiger partial charge in [-0.3, -0.25) is 14.8 Å². The Bertz CT molecular complexity index is 811. The Labute approximate surface area is 167 Å². The largest absolute Gasteiger partial charge is 0.448 e. The van der Waals surface area contributed by atoms with E-state index >= 15 is 0 Å². The molecule has 3 atom stereocenters. The van der Waals surface area contributed by atoms with Gasteiger partial charge in [0.1, 0.15) is 12.0 Å². The van der Waals surface area contributed by atoms with Gasteiger partial charge in [-0.2, -0.15) is 0 Å². The molecule has 2 saturated heterocycles. The van der Waals surface area contributed by atoms with Crippen molar-refractivity contribution in [3.8, 4) is 0 Å². The Morgan fingerprint density at radius 2 is 2.29 bits per heavy atom. The molecule has 3 heterocycles. The highest BCUT2D eigenvalue weighted by atomic mass is 32.2. The summed E-state index contributed by atoms with van der Waals surface area (Å²) in [7, 11) is 0. The minimum atomic E-state index is -0.537. The predicted octanol–water partition coefficient (Wildman–Crippen LogP) is 0.527. The summed E-state index contributed by atoms with van der Waals surface area (Å²) in [5.74, 6) is -0.0244. The van der Waals surface area contributed by atoms with Crippen LogP contribution in [0.2, 0.25) is 0 Å². The van der Waals surface area contributed by atoms with Crippen LogP contribution < -0.4 is 16.8 Å². The Hall–Kier alpha value is -2.75. The number of ether oxygens (including phenoxy) is 1. The molecule has 5 N–H and O–H groups in total. The van der Waals surface area contributed by atoms with Gasteiger partial charge >= 0.3 is 6.09 Å². The van der Waals surface area contributed by atoms with Crippen molar-refractivity contribution in [3.05, 3.63) is 35.7 Å². The molecule has 1 aromatic heterocycles. The summed E-state index contributed by atoms with van der Waals surface area (Å²) in [5, 5.41) is 2.54. The number of amides is 2. The molecule has 2 amide bonds. The SMILES string of the molecule is C[C@@H]1N2C(=O)/C(=C/c3ccccn3)C2SC1(C)COC(=O)NCCN=C(N)N. The van der Waals surface area contributed by atoms with E-state index in [0.717, 1.165) is 11.3 Å². The number of nitrogens with two attached hydrogens (primary N) is 2. The lowest BCUT2D eigenvalue weighted by Gasteiger charge is -2.39. The van der Waals surface area contributed by atoms with E-state index in [-0.39, 0.29) is 43.0 Å². The molecule has 0 aromatic carbocycles. The average Bonchev–Trinajstić information content (AvgIpc) is 2.91. The fourth-order valence-electron chi connectivity index (χ4n) is 3.10. The molecule has 2 fully saturated rings. The molecule has 0 bridgehead atoms. The second-order valence-corrected chi connectivity index (χ2v) is 8.45. The van der Waals surface area contributed by atoms with Gasteiger partial charge in [-0.1, -0.05) is 6.07 Å². The van der Waals surface area contributed by atoms with Crippen molar-refractivity contribution in [2.75, 3.05) is 19.7 Å². The number of hydrogen-bond acceptors (Lipinski definition) is 6. The smallest absolute Gasteiger partial charge is 0.407 e. The number of hydrogen-bond donors (Lipinski definition) is 3. The summed E-state index contributed by atoms with van der Waals surface area (Å²) in [6.07, 6.45) is 2.98. The van der Waals surface area contributed by atoms with E-state index in [0.29, 0.717) is 0 Å². The second kappa shape index (κ2) is 8.09. The van der Waals surface area contributed by atoms with E-state index in [1.165, 1.54) is 0 Å². The normalized spacial score (nSPS) is 27.1. The van der Waals surface area contributed by atoms with E-state index in [1.807, 2.05) is 43.0 Å². The Morgan fingerprint density at radius 1 is 1.50 bits per heavy atom. The first-order valence-electron chi connectivity index (χ1n) is 8.91. The zero-order valence-electron chi connectivity index (χ0n) is 15.8. The van der Waals surface area contributed by atoms with Crippen LogP contribution in [0.3, 0.4) is 0 Å². The highest BCUT2D eigenvalue weighted by molar-refractivity contribution is 8.02. The first-order valence-corrected chi connectivity index (χ1v) is 9.79. The number of guanidine groups is 1. The van der Waals surface area contributed by atoms with Crippen LogP contribution in [-0.2, 0) is 9.53 Å². The molecule has 0 aliphatic carbocycles. The fraction of sp³-hybridized carbons (Fsp3) is 0.444. The minimum absolute atomic E-state index is 0.000986. The maximum absolute atomic E-state index is 12.6. The second-order valence-electron chi connectivity index (χ2n) is 6.84. The summed E-state index contributed by atoms with van der Waals surface area (Å²) in [6.45, 7) is 4.72. The van der Waals surface area contributed by atoms with Crippen molar-refractivity contribution in [2.45, 2.75) is 30.0 Å². The van der Waals surface area contributed by atoms with Gasteiger partial charge in [-0.15, -0.1) is 11.8 Å². The van der Waals surface area contributed by atoms with E-state index in [4.69, 9.17) is 16.2 Å². The van der Waals surface area contributed by atoms with Crippen LogP contribution >= 0.6 is 11.8 Å². The van der Waals surface area contributed by atoms with Crippen LogP contribution in [0.4, 0.5) is 4.79 Å². The number of fused-ring (bicyclic) bond motifs is 1. The topological polar surface area (TPSA) is 136 Å². The third kappa shape index (κ3) is 4.06. The van der Waals surface area contributed by atoms with Gasteiger partial charge in [-0.05, 0) is 32.1 Å². The molecular formula is C18H24N6O3S. The molecular weight excluding hydrogens is 380 g/mol. The van der Waals surface area contributed by atoms with Gasteiger partial charge < -0.3 is 26.4 Å². The molecule has 0 saturated carbocycles. The number of nitrogens with zero attached hydrogens (tertiary/aromatic N) is 3. The zero-order chi connectivity index (χ0) is 20.3. The summed E-state index contributed by atoms with van der Waals surface area (Å²) < 4.78 is 4.96. The maximum Gasteiger partial charge on any atom is 0.407 e. The summed E-state index contributed by atoms with van der Waals surface area (Å²) in [6, 6.07) is 5.51. The van der Waals surface area contributed by atoms with Crippen molar-refractivity contribution in [2.24, 2.45) is 16.5 Å². The van der Waals surface area contributed by atoms with Crippen LogP contribution in [0.1, 0.15) is 19.5 Å². The number of pyridine rings is 1. The number of thioether (sulfide) groups is 1. The molecule has 1 aromatic rings. The number of rotatable bonds is 6. The van der Waals surface area contributed by atoms with Gasteiger partial charge in [0.25, 0.3) is 5.91 Å². The molecule has 2 unspecified atom stereocenters. The zero-order valence-corrected chi connectivity index (χ0v) is 16.6. The van der Waals surface area contributed by atoms with E-state index in [1.54, 1.807) is 18.0 Å². The van der Waals surface area contributed by atoms with Gasteiger partial charge in [0.15, 0.2) is 5.96 Å². The Kier molecular flexibility index (Phi) is 5.78. The molecule has 150 valence electrons. The average molecular weight is 404 g/mol. The molecule has 28 heavy (non-hydrogen) atoms. The van der Waals surface area contributed by atoms with Crippen LogP contribution in [0, 0.1) is 0 Å². The lowest BCUT2D eigenvalue weighted by Crippen LogP contribution is -2.55. The highest BCUT2D eigenvalue weighted by Crippen LogP contribution is 2.53. The number of alkyl carbamates (subject to hydrolysis) is 1. The number of aromatic nitrogens is 1. The summed E-state index contributed by atoms with van der Waals surface area (Å²) in [5.41, 5.74) is 11.9. The van der Waals surface area contributed by atoms with Crippen LogP contribution in [0.15, 0.2) is 35.0 Å². The molecule has 10 heteroatoms. The number of carbonyl (C=O) groups excluding carboxylic acids is 2. The first-order chi connectivity index (χ1) is 13.3. The lowest BCUT2D eigenvalue weighted by atomic mass is 9.95. The van der Waals surface area contributed by atoms with Crippen molar-refractivity contribution in [1.29, 1.82) is 0 Å². The first kappa shape index (κ1) is 20.0. The summed E-state index contributed by atoms with van der Waals surface area (Å²) >= 11 is 1.63. The van der Waals surface area contributed by atoms with Crippen molar-refractivity contribution in [1.82, 2.24) is 15.2 Å². The number of carbonyl (C=O) groups is 2. The maximum atomic E-state index is 12.6. The van der Waals surface area contributed by atoms with Crippen LogP contribution in [0.5, 0.6) is 0 Å². The van der Waals surface area contributed by atoms with E-state index in [9.17, 15) is 9.59 Å². The van der Waals surface area contributed by atoms with Gasteiger partial charge in [0.2, 0.25) is 0 Å². The van der Waals surface area contributed by atoms with Crippen LogP contribution in [-0.4, -0.2) is 63.7 Å². The van der Waals surface area contributed by atoms with E-state index in [2.05, 4.69) is 15.3 Å².